The maximum Gasteiger partial charge on any atom is 0.408 e. The highest BCUT2D eigenvalue weighted by molar-refractivity contribution is 7.92. The molecule has 0 saturated carbocycles. The van der Waals surface area contributed by atoms with Crippen molar-refractivity contribution in [1.29, 1.82) is 0 Å². The van der Waals surface area contributed by atoms with Gasteiger partial charge in [-0.2, -0.15) is 0 Å². The second kappa shape index (κ2) is 7.13. The molecule has 0 aliphatic rings. The highest BCUT2D eigenvalue weighted by atomic mass is 32.2. The minimum atomic E-state index is -3.68. The summed E-state index contributed by atoms with van der Waals surface area (Å²) in [6.07, 6.45) is -0.107. The van der Waals surface area contributed by atoms with Crippen molar-refractivity contribution in [2.75, 3.05) is 0 Å². The Morgan fingerprint density at radius 1 is 1.23 bits per heavy atom. The lowest BCUT2D eigenvalue weighted by Gasteiger charge is -2.26. The van der Waals surface area contributed by atoms with Crippen molar-refractivity contribution in [2.24, 2.45) is 5.92 Å². The molecule has 0 fully saturated rings. The van der Waals surface area contributed by atoms with Crippen molar-refractivity contribution in [3.8, 4) is 0 Å². The van der Waals surface area contributed by atoms with Crippen molar-refractivity contribution in [3.63, 3.8) is 0 Å². The van der Waals surface area contributed by atoms with Gasteiger partial charge >= 0.3 is 6.09 Å². The summed E-state index contributed by atoms with van der Waals surface area (Å²) in [5, 5.41) is 1.50. The zero-order valence-electron chi connectivity index (χ0n) is 13.8. The number of hydrogen-bond acceptors (Lipinski definition) is 4. The first-order valence-corrected chi connectivity index (χ1v) is 8.91. The zero-order chi connectivity index (χ0) is 17.0. The first-order valence-electron chi connectivity index (χ1n) is 7.36. The summed E-state index contributed by atoms with van der Waals surface area (Å²) in [6.45, 7) is 8.88. The van der Waals surface area contributed by atoms with Crippen LogP contribution in [0, 0.1) is 5.92 Å². The SMILES string of the molecule is CCC(C)C(NC(=O)OC(C)(C)C)S(=O)(=O)c1ccccc1. The molecule has 0 heterocycles. The van der Waals surface area contributed by atoms with E-state index in [9.17, 15) is 13.2 Å². The summed E-state index contributed by atoms with van der Waals surface area (Å²) in [6, 6.07) is 8.13. The fourth-order valence-electron chi connectivity index (χ4n) is 1.92. The van der Waals surface area contributed by atoms with Crippen molar-refractivity contribution < 1.29 is 17.9 Å². The van der Waals surface area contributed by atoms with Crippen LogP contribution >= 0.6 is 0 Å². The number of hydrogen-bond donors (Lipinski definition) is 1. The Kier molecular flexibility index (Phi) is 6.00. The number of sulfone groups is 1. The van der Waals surface area contributed by atoms with Gasteiger partial charge in [0.05, 0.1) is 4.90 Å². The van der Waals surface area contributed by atoms with E-state index in [2.05, 4.69) is 5.32 Å². The molecule has 0 saturated heterocycles. The molecule has 0 aliphatic carbocycles. The van der Waals surface area contributed by atoms with Gasteiger partial charge in [0.25, 0.3) is 0 Å². The summed E-state index contributed by atoms with van der Waals surface area (Å²) in [7, 11) is -3.68. The third-order valence-electron chi connectivity index (χ3n) is 3.23. The van der Waals surface area contributed by atoms with Gasteiger partial charge in [0.15, 0.2) is 9.84 Å². The van der Waals surface area contributed by atoms with Gasteiger partial charge in [0, 0.05) is 0 Å². The van der Waals surface area contributed by atoms with Crippen LogP contribution in [0.4, 0.5) is 4.79 Å². The van der Waals surface area contributed by atoms with Crippen molar-refractivity contribution in [3.05, 3.63) is 30.3 Å². The van der Waals surface area contributed by atoms with Crippen LogP contribution in [-0.2, 0) is 14.6 Å². The van der Waals surface area contributed by atoms with Crippen LogP contribution in [0.2, 0.25) is 0 Å². The number of benzene rings is 1. The van der Waals surface area contributed by atoms with E-state index in [0.717, 1.165) is 0 Å². The van der Waals surface area contributed by atoms with Crippen molar-refractivity contribution in [2.45, 2.75) is 56.9 Å². The number of alkyl carbamates (subject to hydrolysis) is 1. The van der Waals surface area contributed by atoms with Crippen LogP contribution in [0.25, 0.3) is 0 Å². The lowest BCUT2D eigenvalue weighted by molar-refractivity contribution is 0.0509. The van der Waals surface area contributed by atoms with Crippen LogP contribution in [0.1, 0.15) is 41.0 Å². The Balaban J connectivity index is 3.06. The van der Waals surface area contributed by atoms with Gasteiger partial charge in [0.2, 0.25) is 0 Å². The van der Waals surface area contributed by atoms with Gasteiger partial charge in [0.1, 0.15) is 11.0 Å². The largest absolute Gasteiger partial charge is 0.444 e. The van der Waals surface area contributed by atoms with Gasteiger partial charge in [-0.3, -0.25) is 0 Å². The topological polar surface area (TPSA) is 72.5 Å². The van der Waals surface area contributed by atoms with E-state index in [1.165, 1.54) is 12.1 Å². The molecular weight excluding hydrogens is 302 g/mol. The maximum atomic E-state index is 12.8. The molecule has 0 bridgehead atoms. The van der Waals surface area contributed by atoms with Crippen LogP contribution in [0.5, 0.6) is 0 Å². The number of carbonyl (C=O) groups excluding carboxylic acids is 1. The number of ether oxygens (including phenoxy) is 1. The summed E-state index contributed by atoms with van der Waals surface area (Å²) < 4.78 is 30.7. The van der Waals surface area contributed by atoms with Crippen molar-refractivity contribution >= 4 is 15.9 Å². The highest BCUT2D eigenvalue weighted by Crippen LogP contribution is 2.22. The average molecular weight is 327 g/mol. The molecule has 6 heteroatoms. The fourth-order valence-corrected chi connectivity index (χ4v) is 3.81. The fraction of sp³-hybridized carbons (Fsp3) is 0.562. The molecular formula is C16H25NO4S. The Labute approximate surface area is 133 Å². The molecule has 1 amide bonds. The first kappa shape index (κ1) is 18.5. The molecule has 1 aromatic rings. The van der Waals surface area contributed by atoms with Gasteiger partial charge in [-0.25, -0.2) is 13.2 Å². The maximum absolute atomic E-state index is 12.8. The van der Waals surface area contributed by atoms with Crippen LogP contribution < -0.4 is 5.32 Å². The van der Waals surface area contributed by atoms with E-state index in [1.54, 1.807) is 45.9 Å². The van der Waals surface area contributed by atoms with Crippen molar-refractivity contribution in [1.82, 2.24) is 5.32 Å². The Morgan fingerprint density at radius 2 is 1.77 bits per heavy atom. The van der Waals surface area contributed by atoms with E-state index in [0.29, 0.717) is 6.42 Å². The zero-order valence-corrected chi connectivity index (χ0v) is 14.6. The predicted octanol–water partition coefficient (Wildman–Crippen LogP) is 3.36. The second-order valence-corrected chi connectivity index (χ2v) is 8.38. The lowest BCUT2D eigenvalue weighted by atomic mass is 10.1. The first-order chi connectivity index (χ1) is 10.1. The van der Waals surface area contributed by atoms with Crippen LogP contribution in [-0.4, -0.2) is 25.5 Å². The standard InChI is InChI=1S/C16H25NO4S/c1-6-12(2)14(17-15(18)21-16(3,4)5)22(19,20)13-10-8-7-9-11-13/h7-12,14H,6H2,1-5H3,(H,17,18). The minimum Gasteiger partial charge on any atom is -0.444 e. The molecule has 5 nitrogen and oxygen atoms in total. The van der Waals surface area contributed by atoms with E-state index >= 15 is 0 Å². The van der Waals surface area contributed by atoms with Gasteiger partial charge in [-0.15, -0.1) is 0 Å². The summed E-state index contributed by atoms with van der Waals surface area (Å²) in [5.41, 5.74) is -0.680. The second-order valence-electron chi connectivity index (χ2n) is 6.31. The average Bonchev–Trinajstić information content (AvgIpc) is 2.43. The normalized spacial score (nSPS) is 15.0. The van der Waals surface area contributed by atoms with Gasteiger partial charge in [-0.1, -0.05) is 38.5 Å². The molecule has 0 radical (unpaired) electrons. The molecule has 2 atom stereocenters. The number of rotatable bonds is 5. The van der Waals surface area contributed by atoms with Crippen LogP contribution in [0.3, 0.4) is 0 Å². The molecule has 0 aliphatic heterocycles. The molecule has 2 unspecified atom stereocenters. The van der Waals surface area contributed by atoms with E-state index < -0.39 is 26.9 Å². The van der Waals surface area contributed by atoms with E-state index in [4.69, 9.17) is 4.74 Å². The molecule has 1 N–H and O–H groups in total. The predicted molar refractivity (Wildman–Crippen MR) is 86.2 cm³/mol. The summed E-state index contributed by atoms with van der Waals surface area (Å²) in [5.74, 6) is -0.238. The number of nitrogens with one attached hydrogen (secondary N) is 1. The molecule has 1 rings (SSSR count). The van der Waals surface area contributed by atoms with Crippen LogP contribution in [0.15, 0.2) is 35.2 Å². The Hall–Kier alpha value is -1.56. The molecule has 22 heavy (non-hydrogen) atoms. The summed E-state index contributed by atoms with van der Waals surface area (Å²) in [4.78, 5) is 12.2. The van der Waals surface area contributed by atoms with Gasteiger partial charge < -0.3 is 10.1 Å². The van der Waals surface area contributed by atoms with Gasteiger partial charge in [-0.05, 0) is 38.8 Å². The smallest absolute Gasteiger partial charge is 0.408 e. The molecule has 1 aromatic carbocycles. The Morgan fingerprint density at radius 3 is 2.23 bits per heavy atom. The third kappa shape index (κ3) is 5.02. The van der Waals surface area contributed by atoms with E-state index in [-0.39, 0.29) is 10.8 Å². The number of carbonyl (C=O) groups is 1. The summed E-state index contributed by atoms with van der Waals surface area (Å²) >= 11 is 0. The minimum absolute atomic E-state index is 0.191. The molecule has 0 spiro atoms. The quantitative estimate of drug-likeness (QED) is 0.900. The van der Waals surface area contributed by atoms with E-state index in [1.807, 2.05) is 6.92 Å². The lowest BCUT2D eigenvalue weighted by Crippen LogP contribution is -2.46. The molecule has 0 aromatic heterocycles. The number of amides is 1. The third-order valence-corrected chi connectivity index (χ3v) is 5.41. The highest BCUT2D eigenvalue weighted by Gasteiger charge is 2.34. The Bertz CT molecular complexity index is 590. The molecule has 124 valence electrons. The monoisotopic (exact) mass is 327 g/mol.